The zero-order valence-electron chi connectivity index (χ0n) is 12.7. The van der Waals surface area contributed by atoms with Crippen molar-refractivity contribution in [3.63, 3.8) is 0 Å². The summed E-state index contributed by atoms with van der Waals surface area (Å²) in [7, 11) is 0. The van der Waals surface area contributed by atoms with Crippen molar-refractivity contribution in [3.8, 4) is 0 Å². The number of amides is 1. The molecule has 0 spiro atoms. The molecular formula is C17H16F3NOS. The number of hydrogen-bond donors (Lipinski definition) is 1. The van der Waals surface area contributed by atoms with E-state index in [4.69, 9.17) is 0 Å². The van der Waals surface area contributed by atoms with E-state index in [1.807, 2.05) is 32.0 Å². The number of aryl methyl sites for hydroxylation is 2. The summed E-state index contributed by atoms with van der Waals surface area (Å²) < 4.78 is 37.4. The standard InChI is InChI=1S/C17H16F3NOS/c1-11-3-4-12(2)15(9-11)23-10-16(22)21-14-7-5-13(6-8-14)17(18,19)20/h3-9H,10H2,1-2H3,(H,21,22). The summed E-state index contributed by atoms with van der Waals surface area (Å²) >= 11 is 1.40. The maximum Gasteiger partial charge on any atom is 0.416 e. The first-order valence-corrected chi connectivity index (χ1v) is 7.91. The molecule has 0 unspecified atom stereocenters. The van der Waals surface area contributed by atoms with Crippen LogP contribution in [0.15, 0.2) is 47.4 Å². The van der Waals surface area contributed by atoms with Crippen molar-refractivity contribution < 1.29 is 18.0 Å². The lowest BCUT2D eigenvalue weighted by Crippen LogP contribution is -2.14. The average Bonchev–Trinajstić information content (AvgIpc) is 2.48. The number of carbonyl (C=O) groups excluding carboxylic acids is 1. The van der Waals surface area contributed by atoms with Gasteiger partial charge in [-0.1, -0.05) is 17.7 Å². The first-order chi connectivity index (χ1) is 10.8. The maximum absolute atomic E-state index is 12.5. The monoisotopic (exact) mass is 339 g/mol. The third kappa shape index (κ3) is 5.03. The summed E-state index contributed by atoms with van der Waals surface area (Å²) in [6.07, 6.45) is -4.37. The molecule has 0 radical (unpaired) electrons. The van der Waals surface area contributed by atoms with Gasteiger partial charge in [-0.15, -0.1) is 11.8 Å². The molecule has 23 heavy (non-hydrogen) atoms. The fourth-order valence-electron chi connectivity index (χ4n) is 1.95. The first kappa shape index (κ1) is 17.4. The van der Waals surface area contributed by atoms with Crippen LogP contribution in [0.25, 0.3) is 0 Å². The van der Waals surface area contributed by atoms with Gasteiger partial charge in [-0.25, -0.2) is 0 Å². The number of benzene rings is 2. The number of alkyl halides is 3. The SMILES string of the molecule is Cc1ccc(C)c(SCC(=O)Nc2ccc(C(F)(F)F)cc2)c1. The highest BCUT2D eigenvalue weighted by Gasteiger charge is 2.29. The molecule has 1 amide bonds. The minimum absolute atomic E-state index is 0.200. The van der Waals surface area contributed by atoms with E-state index in [1.54, 1.807) is 0 Å². The number of anilines is 1. The second-order valence-corrected chi connectivity index (χ2v) is 6.20. The Bertz CT molecular complexity index is 696. The molecule has 0 bridgehead atoms. The Labute approximate surface area is 137 Å². The Kier molecular flexibility index (Phi) is 5.36. The van der Waals surface area contributed by atoms with Crippen LogP contribution in [0.3, 0.4) is 0 Å². The lowest BCUT2D eigenvalue weighted by molar-refractivity contribution is -0.137. The summed E-state index contributed by atoms with van der Waals surface area (Å²) in [5, 5.41) is 2.60. The average molecular weight is 339 g/mol. The van der Waals surface area contributed by atoms with Crippen LogP contribution in [0, 0.1) is 13.8 Å². The number of nitrogens with one attached hydrogen (secondary N) is 1. The molecule has 0 aliphatic carbocycles. The number of rotatable bonds is 4. The van der Waals surface area contributed by atoms with Gasteiger partial charge < -0.3 is 5.32 Å². The molecule has 0 aliphatic rings. The third-order valence-corrected chi connectivity index (χ3v) is 4.36. The van der Waals surface area contributed by atoms with E-state index in [1.165, 1.54) is 23.9 Å². The molecule has 1 N–H and O–H groups in total. The molecule has 0 aliphatic heterocycles. The van der Waals surface area contributed by atoms with E-state index in [0.717, 1.165) is 28.2 Å². The van der Waals surface area contributed by atoms with Gasteiger partial charge in [0.25, 0.3) is 0 Å². The van der Waals surface area contributed by atoms with Crippen molar-refractivity contribution in [1.82, 2.24) is 0 Å². The zero-order chi connectivity index (χ0) is 17.0. The minimum Gasteiger partial charge on any atom is -0.325 e. The normalized spacial score (nSPS) is 11.3. The number of hydrogen-bond acceptors (Lipinski definition) is 2. The van der Waals surface area contributed by atoms with Crippen LogP contribution in [0.2, 0.25) is 0 Å². The van der Waals surface area contributed by atoms with E-state index >= 15 is 0 Å². The van der Waals surface area contributed by atoms with Gasteiger partial charge in [0.2, 0.25) is 5.91 Å². The van der Waals surface area contributed by atoms with Gasteiger partial charge in [-0.05, 0) is 49.7 Å². The Hall–Kier alpha value is -1.95. The summed E-state index contributed by atoms with van der Waals surface area (Å²) in [5.74, 6) is -0.0543. The molecule has 0 saturated carbocycles. The topological polar surface area (TPSA) is 29.1 Å². The van der Waals surface area contributed by atoms with Gasteiger partial charge in [-0.3, -0.25) is 4.79 Å². The highest BCUT2D eigenvalue weighted by molar-refractivity contribution is 8.00. The fourth-order valence-corrected chi connectivity index (χ4v) is 2.87. The second-order valence-electron chi connectivity index (χ2n) is 5.18. The van der Waals surface area contributed by atoms with Gasteiger partial charge >= 0.3 is 6.18 Å². The van der Waals surface area contributed by atoms with E-state index in [2.05, 4.69) is 5.32 Å². The molecule has 2 rings (SSSR count). The molecule has 0 heterocycles. The smallest absolute Gasteiger partial charge is 0.325 e. The number of carbonyl (C=O) groups is 1. The van der Waals surface area contributed by atoms with Crippen molar-refractivity contribution in [2.75, 3.05) is 11.1 Å². The lowest BCUT2D eigenvalue weighted by Gasteiger charge is -2.09. The Morgan fingerprint density at radius 3 is 2.35 bits per heavy atom. The minimum atomic E-state index is -4.37. The van der Waals surface area contributed by atoms with Crippen molar-refractivity contribution in [3.05, 3.63) is 59.2 Å². The highest BCUT2D eigenvalue weighted by atomic mass is 32.2. The fraction of sp³-hybridized carbons (Fsp3) is 0.235. The molecule has 2 aromatic rings. The highest BCUT2D eigenvalue weighted by Crippen LogP contribution is 2.30. The van der Waals surface area contributed by atoms with Crippen molar-refractivity contribution in [1.29, 1.82) is 0 Å². The van der Waals surface area contributed by atoms with Gasteiger partial charge in [-0.2, -0.15) is 13.2 Å². The third-order valence-electron chi connectivity index (χ3n) is 3.20. The van der Waals surface area contributed by atoms with Crippen LogP contribution in [0.4, 0.5) is 18.9 Å². The molecule has 2 aromatic carbocycles. The quantitative estimate of drug-likeness (QED) is 0.790. The van der Waals surface area contributed by atoms with Crippen molar-refractivity contribution >= 4 is 23.4 Å². The Morgan fingerprint density at radius 1 is 1.09 bits per heavy atom. The molecule has 0 aromatic heterocycles. The van der Waals surface area contributed by atoms with Gasteiger partial charge in [0, 0.05) is 10.6 Å². The molecule has 2 nitrogen and oxygen atoms in total. The van der Waals surface area contributed by atoms with Crippen LogP contribution in [0.5, 0.6) is 0 Å². The van der Waals surface area contributed by atoms with Gasteiger partial charge in [0.15, 0.2) is 0 Å². The largest absolute Gasteiger partial charge is 0.416 e. The summed E-state index contributed by atoms with van der Waals surface area (Å²) in [6.45, 7) is 3.95. The van der Waals surface area contributed by atoms with Crippen LogP contribution in [-0.2, 0) is 11.0 Å². The zero-order valence-corrected chi connectivity index (χ0v) is 13.5. The predicted molar refractivity (Wildman–Crippen MR) is 86.7 cm³/mol. The van der Waals surface area contributed by atoms with Gasteiger partial charge in [0.1, 0.15) is 0 Å². The molecular weight excluding hydrogens is 323 g/mol. The maximum atomic E-state index is 12.5. The van der Waals surface area contributed by atoms with Crippen LogP contribution in [0.1, 0.15) is 16.7 Å². The summed E-state index contributed by atoms with van der Waals surface area (Å²) in [4.78, 5) is 12.9. The predicted octanol–water partition coefficient (Wildman–Crippen LogP) is 5.05. The van der Waals surface area contributed by atoms with Crippen LogP contribution in [-0.4, -0.2) is 11.7 Å². The molecule has 6 heteroatoms. The summed E-state index contributed by atoms with van der Waals surface area (Å²) in [6, 6.07) is 10.4. The van der Waals surface area contributed by atoms with E-state index < -0.39 is 11.7 Å². The number of thioether (sulfide) groups is 1. The molecule has 122 valence electrons. The van der Waals surface area contributed by atoms with E-state index in [-0.39, 0.29) is 11.7 Å². The Morgan fingerprint density at radius 2 is 1.74 bits per heavy atom. The van der Waals surface area contributed by atoms with E-state index in [9.17, 15) is 18.0 Å². The van der Waals surface area contributed by atoms with Crippen molar-refractivity contribution in [2.24, 2.45) is 0 Å². The molecule has 0 fully saturated rings. The van der Waals surface area contributed by atoms with Crippen molar-refractivity contribution in [2.45, 2.75) is 24.9 Å². The molecule has 0 saturated heterocycles. The lowest BCUT2D eigenvalue weighted by atomic mass is 10.2. The number of halogens is 3. The Balaban J connectivity index is 1.93. The van der Waals surface area contributed by atoms with E-state index in [0.29, 0.717) is 5.69 Å². The van der Waals surface area contributed by atoms with Crippen LogP contribution < -0.4 is 5.32 Å². The molecule has 0 atom stereocenters. The van der Waals surface area contributed by atoms with Gasteiger partial charge in [0.05, 0.1) is 11.3 Å². The second kappa shape index (κ2) is 7.08. The summed E-state index contributed by atoms with van der Waals surface area (Å²) in [5.41, 5.74) is 1.81. The van der Waals surface area contributed by atoms with Crippen LogP contribution >= 0.6 is 11.8 Å². The first-order valence-electron chi connectivity index (χ1n) is 6.93.